The van der Waals surface area contributed by atoms with Crippen LogP contribution in [0.25, 0.3) is 5.65 Å². The second-order valence-electron chi connectivity index (χ2n) is 8.99. The molecule has 1 amide bonds. The minimum absolute atomic E-state index is 0.0352. The van der Waals surface area contributed by atoms with Gasteiger partial charge in [-0.2, -0.15) is 0 Å². The van der Waals surface area contributed by atoms with Gasteiger partial charge >= 0.3 is 0 Å². The molecule has 3 aromatic heterocycles. The standard InChI is InChI=1S/C25H22ClFN6O/c26-20-7-15(3-5-21(20)27)18-8-19(18)25(34)32-23-9-22(29-13-30-23)28-10-17-12-33-11-16(14-1-2-14)4-6-24(33)31-17/h3-7,9,11-14,18-19H,1-2,8,10H2,(H2,28,29,30,32,34). The lowest BCUT2D eigenvalue weighted by atomic mass is 10.1. The Balaban J connectivity index is 1.07. The van der Waals surface area contributed by atoms with Gasteiger partial charge in [0, 0.05) is 24.4 Å². The Kier molecular flexibility index (Phi) is 5.17. The third-order valence-corrected chi connectivity index (χ3v) is 6.73. The summed E-state index contributed by atoms with van der Waals surface area (Å²) in [6, 6.07) is 10.5. The van der Waals surface area contributed by atoms with Gasteiger partial charge in [-0.25, -0.2) is 19.3 Å². The Hall–Kier alpha value is -3.52. The fourth-order valence-corrected chi connectivity index (χ4v) is 4.51. The first kappa shape index (κ1) is 21.0. The van der Waals surface area contributed by atoms with Gasteiger partial charge in [-0.1, -0.05) is 23.7 Å². The van der Waals surface area contributed by atoms with Crippen LogP contribution in [0.2, 0.25) is 5.02 Å². The Labute approximate surface area is 200 Å². The molecule has 0 radical (unpaired) electrons. The van der Waals surface area contributed by atoms with E-state index in [1.165, 1.54) is 30.8 Å². The van der Waals surface area contributed by atoms with E-state index in [0.29, 0.717) is 30.5 Å². The quantitative estimate of drug-likeness (QED) is 0.385. The van der Waals surface area contributed by atoms with Gasteiger partial charge in [0.1, 0.15) is 29.4 Å². The summed E-state index contributed by atoms with van der Waals surface area (Å²) in [5.41, 5.74) is 4.04. The molecule has 2 atom stereocenters. The number of aromatic nitrogens is 4. The number of imidazole rings is 1. The largest absolute Gasteiger partial charge is 0.364 e. The molecule has 7 nitrogen and oxygen atoms in total. The molecule has 4 aromatic rings. The lowest BCUT2D eigenvalue weighted by Gasteiger charge is -2.07. The zero-order chi connectivity index (χ0) is 23.2. The van der Waals surface area contributed by atoms with Crippen molar-refractivity contribution in [2.45, 2.75) is 37.6 Å². The van der Waals surface area contributed by atoms with E-state index in [9.17, 15) is 9.18 Å². The molecule has 0 saturated heterocycles. The molecule has 0 spiro atoms. The van der Waals surface area contributed by atoms with Crippen molar-refractivity contribution in [3.63, 3.8) is 0 Å². The van der Waals surface area contributed by atoms with Gasteiger partial charge in [0.2, 0.25) is 5.91 Å². The van der Waals surface area contributed by atoms with Crippen molar-refractivity contribution in [1.82, 2.24) is 19.4 Å². The topological polar surface area (TPSA) is 84.2 Å². The van der Waals surface area contributed by atoms with Gasteiger partial charge in [-0.15, -0.1) is 0 Å². The Bertz CT molecular complexity index is 1400. The van der Waals surface area contributed by atoms with Crippen LogP contribution in [0.3, 0.4) is 0 Å². The van der Waals surface area contributed by atoms with Crippen molar-refractivity contribution in [3.8, 4) is 0 Å². The average Bonchev–Trinajstić information content (AvgIpc) is 3.76. The number of pyridine rings is 1. The monoisotopic (exact) mass is 476 g/mol. The van der Waals surface area contributed by atoms with Crippen molar-refractivity contribution in [1.29, 1.82) is 0 Å². The second kappa shape index (κ2) is 8.36. The molecule has 2 unspecified atom stereocenters. The molecule has 0 aliphatic heterocycles. The van der Waals surface area contributed by atoms with E-state index >= 15 is 0 Å². The third-order valence-electron chi connectivity index (χ3n) is 6.44. The van der Waals surface area contributed by atoms with Gasteiger partial charge < -0.3 is 15.0 Å². The van der Waals surface area contributed by atoms with Crippen molar-refractivity contribution >= 4 is 34.8 Å². The summed E-state index contributed by atoms with van der Waals surface area (Å²) in [7, 11) is 0. The number of hydrogen-bond donors (Lipinski definition) is 2. The Morgan fingerprint density at radius 2 is 1.91 bits per heavy atom. The second-order valence-corrected chi connectivity index (χ2v) is 9.40. The van der Waals surface area contributed by atoms with E-state index < -0.39 is 5.82 Å². The van der Waals surface area contributed by atoms with E-state index in [0.717, 1.165) is 16.9 Å². The number of hydrogen-bond acceptors (Lipinski definition) is 5. The van der Waals surface area contributed by atoms with Crippen molar-refractivity contribution < 1.29 is 9.18 Å². The number of nitrogens with zero attached hydrogens (tertiary/aromatic N) is 4. The van der Waals surface area contributed by atoms with Crippen molar-refractivity contribution in [2.24, 2.45) is 5.92 Å². The molecule has 2 fully saturated rings. The van der Waals surface area contributed by atoms with Gasteiger partial charge in [0.05, 0.1) is 17.3 Å². The van der Waals surface area contributed by atoms with Gasteiger partial charge in [-0.3, -0.25) is 4.79 Å². The highest BCUT2D eigenvalue weighted by Crippen LogP contribution is 2.48. The average molecular weight is 477 g/mol. The summed E-state index contributed by atoms with van der Waals surface area (Å²) >= 11 is 5.87. The normalized spacial score (nSPS) is 19.2. The summed E-state index contributed by atoms with van der Waals surface area (Å²) < 4.78 is 15.5. The number of fused-ring (bicyclic) bond motifs is 1. The Morgan fingerprint density at radius 1 is 1.09 bits per heavy atom. The number of anilines is 2. The molecule has 2 aliphatic rings. The SMILES string of the molecule is O=C(Nc1cc(NCc2cn3cc(C4CC4)ccc3n2)ncn1)C1CC1c1ccc(F)c(Cl)c1. The molecule has 9 heteroatoms. The van der Waals surface area contributed by atoms with E-state index in [1.54, 1.807) is 18.2 Å². The highest BCUT2D eigenvalue weighted by Gasteiger charge is 2.44. The van der Waals surface area contributed by atoms with Crippen LogP contribution < -0.4 is 10.6 Å². The fraction of sp³-hybridized carbons (Fsp3) is 0.280. The maximum Gasteiger partial charge on any atom is 0.229 e. The van der Waals surface area contributed by atoms with Crippen molar-refractivity contribution in [3.05, 3.63) is 82.8 Å². The van der Waals surface area contributed by atoms with Crippen LogP contribution in [-0.2, 0) is 11.3 Å². The third kappa shape index (κ3) is 4.33. The summed E-state index contributed by atoms with van der Waals surface area (Å²) in [5, 5.41) is 6.18. The predicted octanol–water partition coefficient (Wildman–Crippen LogP) is 5.15. The lowest BCUT2D eigenvalue weighted by molar-refractivity contribution is -0.117. The number of nitrogens with one attached hydrogen (secondary N) is 2. The van der Waals surface area contributed by atoms with Gasteiger partial charge in [-0.05, 0) is 60.4 Å². The molecular formula is C25H22ClFN6O. The van der Waals surface area contributed by atoms with Crippen LogP contribution in [0.1, 0.15) is 47.9 Å². The van der Waals surface area contributed by atoms with E-state index in [4.69, 9.17) is 11.6 Å². The molecule has 34 heavy (non-hydrogen) atoms. The van der Waals surface area contributed by atoms with Crippen LogP contribution in [0.15, 0.2) is 55.1 Å². The summed E-state index contributed by atoms with van der Waals surface area (Å²) in [5.74, 6) is 0.983. The molecule has 2 N–H and O–H groups in total. The zero-order valence-corrected chi connectivity index (χ0v) is 19.0. The van der Waals surface area contributed by atoms with Crippen LogP contribution >= 0.6 is 11.6 Å². The highest BCUT2D eigenvalue weighted by atomic mass is 35.5. The molecule has 172 valence electrons. The Morgan fingerprint density at radius 3 is 2.74 bits per heavy atom. The van der Waals surface area contributed by atoms with Crippen LogP contribution in [0.4, 0.5) is 16.0 Å². The van der Waals surface area contributed by atoms with Crippen molar-refractivity contribution in [2.75, 3.05) is 10.6 Å². The van der Waals surface area contributed by atoms with Gasteiger partial charge in [0.15, 0.2) is 0 Å². The lowest BCUT2D eigenvalue weighted by Crippen LogP contribution is -2.16. The first-order valence-corrected chi connectivity index (χ1v) is 11.7. The van der Waals surface area contributed by atoms with E-state index in [-0.39, 0.29) is 22.8 Å². The summed E-state index contributed by atoms with van der Waals surface area (Å²) in [4.78, 5) is 25.7. The van der Waals surface area contributed by atoms with Crippen LogP contribution in [0, 0.1) is 11.7 Å². The molecule has 6 rings (SSSR count). The number of amides is 1. The minimum Gasteiger partial charge on any atom is -0.364 e. The van der Waals surface area contributed by atoms with Crippen LogP contribution in [0.5, 0.6) is 0 Å². The fourth-order valence-electron chi connectivity index (χ4n) is 4.32. The number of carbonyl (C=O) groups excluding carboxylic acids is 1. The van der Waals surface area contributed by atoms with E-state index in [1.807, 2.05) is 6.20 Å². The first-order valence-electron chi connectivity index (χ1n) is 11.3. The predicted molar refractivity (Wildman–Crippen MR) is 127 cm³/mol. The van der Waals surface area contributed by atoms with E-state index in [2.05, 4.69) is 48.3 Å². The zero-order valence-electron chi connectivity index (χ0n) is 18.2. The number of benzene rings is 1. The number of rotatable bonds is 7. The summed E-state index contributed by atoms with van der Waals surface area (Å²) in [6.45, 7) is 0.501. The summed E-state index contributed by atoms with van der Waals surface area (Å²) in [6.07, 6.45) is 8.82. The first-order chi connectivity index (χ1) is 16.5. The molecular weight excluding hydrogens is 455 g/mol. The number of carbonyl (C=O) groups is 1. The smallest absolute Gasteiger partial charge is 0.229 e. The molecule has 3 heterocycles. The highest BCUT2D eigenvalue weighted by molar-refractivity contribution is 6.30. The molecule has 2 saturated carbocycles. The molecule has 1 aromatic carbocycles. The maximum absolute atomic E-state index is 13.4. The number of halogens is 2. The maximum atomic E-state index is 13.4. The molecule has 2 aliphatic carbocycles. The minimum atomic E-state index is -0.459. The van der Waals surface area contributed by atoms with Crippen LogP contribution in [-0.4, -0.2) is 25.3 Å². The molecule has 0 bridgehead atoms. The van der Waals surface area contributed by atoms with Gasteiger partial charge in [0.25, 0.3) is 0 Å².